The van der Waals surface area contributed by atoms with Crippen molar-refractivity contribution >= 4 is 11.0 Å². The Bertz CT molecular complexity index is 556. The van der Waals surface area contributed by atoms with Crippen LogP contribution >= 0.6 is 0 Å². The maximum atomic E-state index is 4.61. The number of hydrogen-bond donors (Lipinski definition) is 1. The monoisotopic (exact) mass is 258 g/mol. The van der Waals surface area contributed by atoms with Crippen molar-refractivity contribution in [2.45, 2.75) is 45.7 Å². The van der Waals surface area contributed by atoms with E-state index in [1.54, 1.807) is 0 Å². The van der Waals surface area contributed by atoms with E-state index in [1.165, 1.54) is 18.4 Å². The molecule has 3 rings (SSSR count). The van der Waals surface area contributed by atoms with Crippen LogP contribution in [-0.2, 0) is 6.54 Å². The molecule has 1 unspecified atom stereocenters. The molecule has 0 saturated heterocycles. The van der Waals surface area contributed by atoms with Gasteiger partial charge in [-0.25, -0.2) is 9.67 Å². The number of fused-ring (bicyclic) bond motifs is 1. The third kappa shape index (κ3) is 2.63. The summed E-state index contributed by atoms with van der Waals surface area (Å²) in [7, 11) is 0. The minimum absolute atomic E-state index is 0.481. The van der Waals surface area contributed by atoms with E-state index in [4.69, 9.17) is 0 Å². The van der Waals surface area contributed by atoms with E-state index in [-0.39, 0.29) is 0 Å². The van der Waals surface area contributed by atoms with Gasteiger partial charge < -0.3 is 5.32 Å². The van der Waals surface area contributed by atoms with E-state index in [9.17, 15) is 0 Å². The highest BCUT2D eigenvalue weighted by Gasteiger charge is 2.30. The van der Waals surface area contributed by atoms with E-state index in [0.717, 1.165) is 36.5 Å². The topological polar surface area (TPSA) is 42.7 Å². The first-order chi connectivity index (χ1) is 9.29. The van der Waals surface area contributed by atoms with Crippen molar-refractivity contribution in [2.75, 3.05) is 6.54 Å². The third-order valence-corrected chi connectivity index (χ3v) is 3.94. The Balaban J connectivity index is 1.80. The molecular formula is C15H22N4. The van der Waals surface area contributed by atoms with Crippen LogP contribution < -0.4 is 5.32 Å². The minimum atomic E-state index is 0.481. The zero-order valence-electron chi connectivity index (χ0n) is 11.8. The summed E-state index contributed by atoms with van der Waals surface area (Å²) in [6.07, 6.45) is 7.75. The lowest BCUT2D eigenvalue weighted by Gasteiger charge is -2.11. The molecule has 4 heteroatoms. The Labute approximate surface area is 114 Å². The smallest absolute Gasteiger partial charge is 0.157 e. The van der Waals surface area contributed by atoms with Crippen LogP contribution in [0.15, 0.2) is 18.5 Å². The highest BCUT2D eigenvalue weighted by Crippen LogP contribution is 2.39. The molecule has 2 heterocycles. The average Bonchev–Trinajstić information content (AvgIpc) is 3.18. The summed E-state index contributed by atoms with van der Waals surface area (Å²) in [5.74, 6) is 0.802. The minimum Gasteiger partial charge on any atom is -0.313 e. The van der Waals surface area contributed by atoms with Crippen molar-refractivity contribution in [3.05, 3.63) is 24.0 Å². The summed E-state index contributed by atoms with van der Waals surface area (Å²) in [4.78, 5) is 4.61. The lowest BCUT2D eigenvalue weighted by atomic mass is 10.2. The number of rotatable bonds is 6. The van der Waals surface area contributed by atoms with E-state index in [0.29, 0.717) is 6.04 Å². The molecule has 0 radical (unpaired) electrons. The summed E-state index contributed by atoms with van der Waals surface area (Å²) < 4.78 is 2.09. The normalized spacial score (nSPS) is 16.9. The lowest BCUT2D eigenvalue weighted by Crippen LogP contribution is -2.14. The second-order valence-electron chi connectivity index (χ2n) is 5.60. The van der Waals surface area contributed by atoms with Gasteiger partial charge in [0.25, 0.3) is 0 Å². The van der Waals surface area contributed by atoms with Gasteiger partial charge in [-0.3, -0.25) is 0 Å². The van der Waals surface area contributed by atoms with Crippen LogP contribution in [0.1, 0.15) is 44.7 Å². The zero-order chi connectivity index (χ0) is 13.2. The Kier molecular flexibility index (Phi) is 3.51. The van der Waals surface area contributed by atoms with Crippen molar-refractivity contribution < 1.29 is 0 Å². The number of pyridine rings is 1. The van der Waals surface area contributed by atoms with Crippen LogP contribution in [0.5, 0.6) is 0 Å². The summed E-state index contributed by atoms with van der Waals surface area (Å²) in [6.45, 7) is 6.37. The van der Waals surface area contributed by atoms with Gasteiger partial charge in [0.2, 0.25) is 0 Å². The van der Waals surface area contributed by atoms with Gasteiger partial charge in [0.1, 0.15) is 0 Å². The second kappa shape index (κ2) is 5.29. The van der Waals surface area contributed by atoms with Gasteiger partial charge in [0, 0.05) is 18.1 Å². The van der Waals surface area contributed by atoms with Crippen LogP contribution in [-0.4, -0.2) is 21.3 Å². The fourth-order valence-electron chi connectivity index (χ4n) is 2.57. The Morgan fingerprint density at radius 2 is 2.26 bits per heavy atom. The lowest BCUT2D eigenvalue weighted by molar-refractivity contribution is 0.450. The van der Waals surface area contributed by atoms with E-state index in [1.807, 2.05) is 12.4 Å². The molecule has 0 amide bonds. The van der Waals surface area contributed by atoms with Crippen molar-refractivity contribution in [3.8, 4) is 0 Å². The van der Waals surface area contributed by atoms with Gasteiger partial charge in [-0.15, -0.1) is 0 Å². The van der Waals surface area contributed by atoms with E-state index >= 15 is 0 Å². The molecule has 0 aliphatic heterocycles. The molecule has 2 aromatic rings. The quantitative estimate of drug-likeness (QED) is 0.810. The van der Waals surface area contributed by atoms with Crippen LogP contribution in [0.4, 0.5) is 0 Å². The predicted octanol–water partition coefficient (Wildman–Crippen LogP) is 2.90. The third-order valence-electron chi connectivity index (χ3n) is 3.94. The molecule has 1 saturated carbocycles. The zero-order valence-corrected chi connectivity index (χ0v) is 11.8. The summed E-state index contributed by atoms with van der Waals surface area (Å²) in [5, 5.41) is 9.09. The van der Waals surface area contributed by atoms with Gasteiger partial charge >= 0.3 is 0 Å². The molecule has 1 N–H and O–H groups in total. The predicted molar refractivity (Wildman–Crippen MR) is 77.0 cm³/mol. The van der Waals surface area contributed by atoms with Gasteiger partial charge in [0.15, 0.2) is 5.65 Å². The molecule has 0 bridgehead atoms. The summed E-state index contributed by atoms with van der Waals surface area (Å²) in [6, 6.07) is 2.68. The summed E-state index contributed by atoms with van der Waals surface area (Å²) >= 11 is 0. The molecule has 0 aromatic carbocycles. The first-order valence-electron chi connectivity index (χ1n) is 7.32. The molecule has 2 aromatic heterocycles. The second-order valence-corrected chi connectivity index (χ2v) is 5.60. The Morgan fingerprint density at radius 3 is 3.00 bits per heavy atom. The van der Waals surface area contributed by atoms with Crippen LogP contribution in [0.25, 0.3) is 11.0 Å². The summed E-state index contributed by atoms with van der Waals surface area (Å²) in [5.41, 5.74) is 2.26. The fraction of sp³-hybridized carbons (Fsp3) is 0.600. The Morgan fingerprint density at radius 1 is 1.42 bits per heavy atom. The van der Waals surface area contributed by atoms with E-state index < -0.39 is 0 Å². The molecule has 4 nitrogen and oxygen atoms in total. The van der Waals surface area contributed by atoms with Gasteiger partial charge in [-0.1, -0.05) is 6.92 Å². The van der Waals surface area contributed by atoms with Crippen LogP contribution in [0.3, 0.4) is 0 Å². The molecule has 1 aliphatic carbocycles. The first kappa shape index (κ1) is 12.6. The number of hydrogen-bond acceptors (Lipinski definition) is 3. The van der Waals surface area contributed by atoms with Crippen molar-refractivity contribution in [1.82, 2.24) is 20.1 Å². The SMILES string of the molecule is CCCNCc1cnc2c(cnn2C(C)C2CC2)c1. The number of nitrogens with one attached hydrogen (secondary N) is 1. The molecular weight excluding hydrogens is 236 g/mol. The molecule has 1 atom stereocenters. The molecule has 19 heavy (non-hydrogen) atoms. The highest BCUT2D eigenvalue weighted by molar-refractivity contribution is 5.75. The molecule has 0 spiro atoms. The standard InChI is InChI=1S/C15H22N4/c1-3-6-16-8-12-7-14-10-18-19(15(14)17-9-12)11(2)13-4-5-13/h7,9-11,13,16H,3-6,8H2,1-2H3. The molecule has 102 valence electrons. The maximum Gasteiger partial charge on any atom is 0.157 e. The fourth-order valence-corrected chi connectivity index (χ4v) is 2.57. The van der Waals surface area contributed by atoms with Crippen LogP contribution in [0.2, 0.25) is 0 Å². The van der Waals surface area contributed by atoms with Gasteiger partial charge in [-0.2, -0.15) is 5.10 Å². The first-order valence-corrected chi connectivity index (χ1v) is 7.32. The van der Waals surface area contributed by atoms with E-state index in [2.05, 4.69) is 40.0 Å². The largest absolute Gasteiger partial charge is 0.313 e. The molecule has 1 aliphatic rings. The number of aromatic nitrogens is 3. The van der Waals surface area contributed by atoms with Crippen molar-refractivity contribution in [2.24, 2.45) is 5.92 Å². The average molecular weight is 258 g/mol. The Hall–Kier alpha value is -1.42. The molecule has 1 fully saturated rings. The highest BCUT2D eigenvalue weighted by atomic mass is 15.3. The van der Waals surface area contributed by atoms with Crippen molar-refractivity contribution in [3.63, 3.8) is 0 Å². The van der Waals surface area contributed by atoms with Gasteiger partial charge in [0.05, 0.1) is 12.2 Å². The van der Waals surface area contributed by atoms with Gasteiger partial charge in [-0.05, 0) is 50.3 Å². The van der Waals surface area contributed by atoms with Crippen LogP contribution in [0, 0.1) is 5.92 Å². The van der Waals surface area contributed by atoms with Crippen molar-refractivity contribution in [1.29, 1.82) is 0 Å². The maximum absolute atomic E-state index is 4.61. The number of nitrogens with zero attached hydrogens (tertiary/aromatic N) is 3.